The summed E-state index contributed by atoms with van der Waals surface area (Å²) in [5.74, 6) is -1.45. The predicted molar refractivity (Wildman–Crippen MR) is 137 cm³/mol. The Hall–Kier alpha value is -4.11. The monoisotopic (exact) mass is 539 g/mol. The summed E-state index contributed by atoms with van der Waals surface area (Å²) in [6, 6.07) is 12.3. The molecule has 0 atom stereocenters. The van der Waals surface area contributed by atoms with Crippen molar-refractivity contribution in [2.75, 3.05) is 0 Å². The molecule has 4 aromatic rings. The number of nitrogens with zero attached hydrogens (tertiary/aromatic N) is 3. The van der Waals surface area contributed by atoms with Gasteiger partial charge < -0.3 is 14.2 Å². The standard InChI is InChI=1S/C28H21ClF3N3O3/c29-22-14-21(38-28(30,31)32)15-34-27(22)26(18-2-1-3-18)25(20-9-10-23-33-12-13-35(23)16-20)19-7-4-17(5-8-19)6-11-24(36)37/h4-16,18H,1-3H2,(H,36,37)/b11-6+,26-25+. The topological polar surface area (TPSA) is 76.7 Å². The van der Waals surface area contributed by atoms with Gasteiger partial charge in [-0.3, -0.25) is 4.98 Å². The number of halogens is 4. The second-order valence-electron chi connectivity index (χ2n) is 8.87. The van der Waals surface area contributed by atoms with Gasteiger partial charge in [-0.2, -0.15) is 0 Å². The number of imidazole rings is 1. The van der Waals surface area contributed by atoms with E-state index in [4.69, 9.17) is 16.7 Å². The molecule has 1 aliphatic carbocycles. The third-order valence-electron chi connectivity index (χ3n) is 6.38. The van der Waals surface area contributed by atoms with Crippen LogP contribution in [0.4, 0.5) is 13.2 Å². The van der Waals surface area contributed by atoms with Crippen LogP contribution in [-0.4, -0.2) is 31.8 Å². The average Bonchev–Trinajstić information content (AvgIpc) is 3.29. The molecule has 5 rings (SSSR count). The van der Waals surface area contributed by atoms with Crippen LogP contribution in [0.1, 0.15) is 41.6 Å². The van der Waals surface area contributed by atoms with E-state index in [0.29, 0.717) is 11.3 Å². The summed E-state index contributed by atoms with van der Waals surface area (Å²) in [6.45, 7) is 0. The molecular formula is C28H21ClF3N3O3. The fourth-order valence-electron chi connectivity index (χ4n) is 4.49. The van der Waals surface area contributed by atoms with Gasteiger partial charge in [0, 0.05) is 30.7 Å². The maximum absolute atomic E-state index is 12.8. The van der Waals surface area contributed by atoms with Crippen molar-refractivity contribution < 1.29 is 27.8 Å². The molecule has 0 saturated heterocycles. The first-order valence-corrected chi connectivity index (χ1v) is 12.2. The molecule has 0 bridgehead atoms. The minimum atomic E-state index is -4.86. The van der Waals surface area contributed by atoms with Gasteiger partial charge in [0.2, 0.25) is 0 Å². The lowest BCUT2D eigenvalue weighted by Gasteiger charge is -2.31. The van der Waals surface area contributed by atoms with Crippen LogP contribution >= 0.6 is 11.6 Å². The summed E-state index contributed by atoms with van der Waals surface area (Å²) in [5, 5.41) is 9.00. The van der Waals surface area contributed by atoms with E-state index in [-0.39, 0.29) is 10.9 Å². The maximum atomic E-state index is 12.8. The molecule has 1 saturated carbocycles. The molecule has 10 heteroatoms. The van der Waals surface area contributed by atoms with E-state index in [9.17, 15) is 18.0 Å². The van der Waals surface area contributed by atoms with Crippen molar-refractivity contribution in [3.63, 3.8) is 0 Å². The molecule has 3 aromatic heterocycles. The SMILES string of the molecule is O=C(O)/C=C/c1ccc(/C(=C(\c2ncc(OC(F)(F)F)cc2Cl)C2CCC2)c2ccc3nccn3c2)cc1. The van der Waals surface area contributed by atoms with Crippen LogP contribution in [0.5, 0.6) is 5.75 Å². The average molecular weight is 540 g/mol. The number of rotatable bonds is 7. The Labute approximate surface area is 220 Å². The lowest BCUT2D eigenvalue weighted by atomic mass is 9.74. The molecule has 3 heterocycles. The largest absolute Gasteiger partial charge is 0.573 e. The highest BCUT2D eigenvalue weighted by Gasteiger charge is 2.33. The molecule has 1 aromatic carbocycles. The number of carbonyl (C=O) groups is 1. The first-order valence-electron chi connectivity index (χ1n) is 11.8. The maximum Gasteiger partial charge on any atom is 0.573 e. The van der Waals surface area contributed by atoms with Crippen LogP contribution in [0.2, 0.25) is 5.02 Å². The molecule has 194 valence electrons. The van der Waals surface area contributed by atoms with E-state index in [1.807, 2.05) is 41.1 Å². The summed E-state index contributed by atoms with van der Waals surface area (Å²) in [4.78, 5) is 19.6. The third kappa shape index (κ3) is 5.57. The van der Waals surface area contributed by atoms with E-state index in [2.05, 4.69) is 14.7 Å². The Balaban J connectivity index is 1.71. The lowest BCUT2D eigenvalue weighted by Crippen LogP contribution is -2.18. The van der Waals surface area contributed by atoms with Gasteiger partial charge >= 0.3 is 12.3 Å². The number of carboxylic acids is 1. The zero-order valence-electron chi connectivity index (χ0n) is 19.8. The van der Waals surface area contributed by atoms with Crippen LogP contribution in [0.15, 0.2) is 73.3 Å². The molecule has 0 amide bonds. The number of alkyl halides is 3. The van der Waals surface area contributed by atoms with Gasteiger partial charge in [-0.1, -0.05) is 42.3 Å². The van der Waals surface area contributed by atoms with Crippen LogP contribution < -0.4 is 4.74 Å². The number of pyridine rings is 2. The van der Waals surface area contributed by atoms with E-state index < -0.39 is 18.1 Å². The molecule has 0 radical (unpaired) electrons. The van der Waals surface area contributed by atoms with Crippen LogP contribution in [0.25, 0.3) is 22.9 Å². The molecular weight excluding hydrogens is 519 g/mol. The lowest BCUT2D eigenvalue weighted by molar-refractivity contribution is -0.274. The fraction of sp³-hybridized carbons (Fsp3) is 0.179. The van der Waals surface area contributed by atoms with Gasteiger partial charge in [-0.15, -0.1) is 13.2 Å². The number of allylic oxidation sites excluding steroid dienone is 1. The Morgan fingerprint density at radius 3 is 2.47 bits per heavy atom. The van der Waals surface area contributed by atoms with Gasteiger partial charge in [0.1, 0.15) is 11.4 Å². The van der Waals surface area contributed by atoms with Crippen molar-refractivity contribution in [3.8, 4) is 5.75 Å². The number of hydrogen-bond donors (Lipinski definition) is 1. The zero-order chi connectivity index (χ0) is 26.9. The molecule has 6 nitrogen and oxygen atoms in total. The molecule has 1 N–H and O–H groups in total. The molecule has 1 aliphatic rings. The van der Waals surface area contributed by atoms with Crippen molar-refractivity contribution >= 4 is 40.4 Å². The Morgan fingerprint density at radius 2 is 1.84 bits per heavy atom. The molecule has 0 aliphatic heterocycles. The number of fused-ring (bicyclic) bond motifs is 1. The quantitative estimate of drug-likeness (QED) is 0.253. The summed E-state index contributed by atoms with van der Waals surface area (Å²) in [5.41, 5.74) is 5.19. The van der Waals surface area contributed by atoms with Gasteiger partial charge in [0.15, 0.2) is 0 Å². The van der Waals surface area contributed by atoms with Crippen molar-refractivity contribution in [1.29, 1.82) is 0 Å². The van der Waals surface area contributed by atoms with Crippen molar-refractivity contribution in [1.82, 2.24) is 14.4 Å². The Morgan fingerprint density at radius 1 is 1.11 bits per heavy atom. The van der Waals surface area contributed by atoms with Crippen LogP contribution in [0, 0.1) is 5.92 Å². The van der Waals surface area contributed by atoms with Gasteiger partial charge in [0.25, 0.3) is 0 Å². The second kappa shape index (κ2) is 10.3. The molecule has 0 unspecified atom stereocenters. The smallest absolute Gasteiger partial charge is 0.478 e. The second-order valence-corrected chi connectivity index (χ2v) is 9.28. The molecule has 0 spiro atoms. The summed E-state index contributed by atoms with van der Waals surface area (Å²) >= 11 is 6.55. The Kier molecular flexibility index (Phi) is 6.94. The number of hydrogen-bond acceptors (Lipinski definition) is 4. The van der Waals surface area contributed by atoms with Gasteiger partial charge in [-0.25, -0.2) is 9.78 Å². The van der Waals surface area contributed by atoms with E-state index in [1.165, 1.54) is 6.08 Å². The summed E-state index contributed by atoms with van der Waals surface area (Å²) in [6.07, 6.45) is 6.95. The number of aliphatic carboxylic acids is 1. The van der Waals surface area contributed by atoms with E-state index in [1.54, 1.807) is 18.3 Å². The van der Waals surface area contributed by atoms with Crippen molar-refractivity contribution in [2.45, 2.75) is 25.6 Å². The highest BCUT2D eigenvalue weighted by Crippen LogP contribution is 2.46. The van der Waals surface area contributed by atoms with Crippen molar-refractivity contribution in [2.24, 2.45) is 5.92 Å². The Bertz CT molecular complexity index is 1560. The number of aromatic nitrogens is 3. The minimum absolute atomic E-state index is 0.0517. The molecule has 38 heavy (non-hydrogen) atoms. The summed E-state index contributed by atoms with van der Waals surface area (Å²) < 4.78 is 44.2. The molecule has 1 fully saturated rings. The summed E-state index contributed by atoms with van der Waals surface area (Å²) in [7, 11) is 0. The van der Waals surface area contributed by atoms with E-state index in [0.717, 1.165) is 65.5 Å². The van der Waals surface area contributed by atoms with Gasteiger partial charge in [-0.05, 0) is 64.8 Å². The van der Waals surface area contributed by atoms with E-state index >= 15 is 0 Å². The number of benzene rings is 1. The van der Waals surface area contributed by atoms with Gasteiger partial charge in [0.05, 0.1) is 16.9 Å². The van der Waals surface area contributed by atoms with Crippen LogP contribution in [0.3, 0.4) is 0 Å². The minimum Gasteiger partial charge on any atom is -0.478 e. The first kappa shape index (κ1) is 25.5. The van der Waals surface area contributed by atoms with Crippen molar-refractivity contribution in [3.05, 3.63) is 101 Å². The third-order valence-corrected chi connectivity index (χ3v) is 6.67. The van der Waals surface area contributed by atoms with Crippen LogP contribution in [-0.2, 0) is 4.79 Å². The predicted octanol–water partition coefficient (Wildman–Crippen LogP) is 7.14. The number of carboxylic acid groups (broad SMARTS) is 1. The normalized spacial score (nSPS) is 14.9. The first-order chi connectivity index (χ1) is 18.2. The highest BCUT2D eigenvalue weighted by molar-refractivity contribution is 6.32. The zero-order valence-corrected chi connectivity index (χ0v) is 20.6. The number of ether oxygens (including phenoxy) is 1. The highest BCUT2D eigenvalue weighted by atomic mass is 35.5. The fourth-order valence-corrected chi connectivity index (χ4v) is 4.75.